The fourth-order valence-corrected chi connectivity index (χ4v) is 2.06. The zero-order chi connectivity index (χ0) is 12.7. The molecule has 1 aliphatic heterocycles. The predicted molar refractivity (Wildman–Crippen MR) is 69.4 cm³/mol. The minimum Gasteiger partial charge on any atom is -0.337 e. The zero-order valence-corrected chi connectivity index (χ0v) is 11.4. The van der Waals surface area contributed by atoms with Crippen molar-refractivity contribution < 1.29 is 4.79 Å². The lowest BCUT2D eigenvalue weighted by molar-refractivity contribution is -0.134. The average molecular weight is 226 g/mol. The summed E-state index contributed by atoms with van der Waals surface area (Å²) in [6.07, 6.45) is 1.92. The second-order valence-electron chi connectivity index (χ2n) is 4.11. The normalized spacial score (nSPS) is 25.7. The van der Waals surface area contributed by atoms with Crippen LogP contribution in [-0.4, -0.2) is 47.4 Å². The van der Waals surface area contributed by atoms with Gasteiger partial charge in [-0.15, -0.1) is 6.58 Å². The van der Waals surface area contributed by atoms with Crippen molar-refractivity contribution in [2.24, 2.45) is 0 Å². The minimum absolute atomic E-state index is 0.183. The van der Waals surface area contributed by atoms with Crippen LogP contribution in [0.15, 0.2) is 12.7 Å². The van der Waals surface area contributed by atoms with E-state index in [9.17, 15) is 4.79 Å². The van der Waals surface area contributed by atoms with Crippen LogP contribution in [0.5, 0.6) is 0 Å². The molecule has 0 saturated carbocycles. The van der Waals surface area contributed by atoms with Crippen LogP contribution in [0.25, 0.3) is 0 Å². The van der Waals surface area contributed by atoms with Gasteiger partial charge in [0.25, 0.3) is 0 Å². The smallest absolute Gasteiger partial charge is 0.219 e. The summed E-state index contributed by atoms with van der Waals surface area (Å²) in [7, 11) is 0. The number of hydrogen-bond acceptors (Lipinski definition) is 2. The number of piperazine rings is 1. The minimum atomic E-state index is 0.183. The van der Waals surface area contributed by atoms with Crippen LogP contribution in [0, 0.1) is 0 Å². The van der Waals surface area contributed by atoms with E-state index in [0.717, 1.165) is 19.6 Å². The van der Waals surface area contributed by atoms with Gasteiger partial charge in [-0.2, -0.15) is 0 Å². The van der Waals surface area contributed by atoms with Gasteiger partial charge in [-0.3, -0.25) is 9.69 Å². The van der Waals surface area contributed by atoms with Gasteiger partial charge in [0.15, 0.2) is 0 Å². The highest BCUT2D eigenvalue weighted by Crippen LogP contribution is 2.14. The Morgan fingerprint density at radius 2 is 1.88 bits per heavy atom. The SMILES string of the molecule is C=CCN1C[C@H](C)N(C(C)=O)C[C@H]1C.CC. The number of carbonyl (C=O) groups excluding carboxylic acids is 1. The maximum absolute atomic E-state index is 11.3. The molecule has 1 amide bonds. The highest BCUT2D eigenvalue weighted by atomic mass is 16.2. The average Bonchev–Trinajstić information content (AvgIpc) is 2.26. The molecule has 16 heavy (non-hydrogen) atoms. The third-order valence-electron chi connectivity index (χ3n) is 2.88. The first kappa shape index (κ1) is 15.2. The third kappa shape index (κ3) is 3.97. The fraction of sp³-hybridized carbons (Fsp3) is 0.769. The Balaban J connectivity index is 0.00000106. The van der Waals surface area contributed by atoms with Gasteiger partial charge in [0.1, 0.15) is 0 Å². The van der Waals surface area contributed by atoms with Crippen LogP contribution < -0.4 is 0 Å². The fourth-order valence-electron chi connectivity index (χ4n) is 2.06. The van der Waals surface area contributed by atoms with E-state index in [2.05, 4.69) is 25.3 Å². The third-order valence-corrected chi connectivity index (χ3v) is 2.88. The van der Waals surface area contributed by atoms with Crippen LogP contribution in [-0.2, 0) is 4.79 Å². The molecule has 0 aromatic carbocycles. The maximum atomic E-state index is 11.3. The molecule has 2 atom stereocenters. The molecule has 1 fully saturated rings. The van der Waals surface area contributed by atoms with Crippen molar-refractivity contribution in [3.8, 4) is 0 Å². The molecule has 0 spiro atoms. The Kier molecular flexibility index (Phi) is 7.06. The lowest BCUT2D eigenvalue weighted by Crippen LogP contribution is -2.57. The van der Waals surface area contributed by atoms with Gasteiger partial charge in [-0.25, -0.2) is 0 Å². The van der Waals surface area contributed by atoms with E-state index in [-0.39, 0.29) is 5.91 Å². The van der Waals surface area contributed by atoms with Crippen molar-refractivity contribution in [2.45, 2.75) is 46.7 Å². The molecule has 94 valence electrons. The molecule has 0 unspecified atom stereocenters. The molecule has 3 nitrogen and oxygen atoms in total. The van der Waals surface area contributed by atoms with Crippen LogP contribution in [0.3, 0.4) is 0 Å². The van der Waals surface area contributed by atoms with Crippen LogP contribution >= 0.6 is 0 Å². The number of rotatable bonds is 2. The Morgan fingerprint density at radius 3 is 2.31 bits per heavy atom. The van der Waals surface area contributed by atoms with Crippen molar-refractivity contribution in [3.63, 3.8) is 0 Å². The Bertz CT molecular complexity index is 228. The van der Waals surface area contributed by atoms with E-state index in [1.165, 1.54) is 0 Å². The number of carbonyl (C=O) groups is 1. The van der Waals surface area contributed by atoms with Crippen LogP contribution in [0.4, 0.5) is 0 Å². The number of hydrogen-bond donors (Lipinski definition) is 0. The first-order chi connectivity index (χ1) is 7.56. The molecule has 0 aromatic rings. The summed E-state index contributed by atoms with van der Waals surface area (Å²) in [5.74, 6) is 0.183. The molecular weight excluding hydrogens is 200 g/mol. The van der Waals surface area contributed by atoms with Crippen molar-refractivity contribution in [1.29, 1.82) is 0 Å². The summed E-state index contributed by atoms with van der Waals surface area (Å²) in [5, 5.41) is 0. The van der Waals surface area contributed by atoms with Gasteiger partial charge in [0, 0.05) is 38.6 Å². The summed E-state index contributed by atoms with van der Waals surface area (Å²) in [5.41, 5.74) is 0. The largest absolute Gasteiger partial charge is 0.337 e. The van der Waals surface area contributed by atoms with Crippen molar-refractivity contribution >= 4 is 5.91 Å². The van der Waals surface area contributed by atoms with E-state index < -0.39 is 0 Å². The monoisotopic (exact) mass is 226 g/mol. The van der Waals surface area contributed by atoms with Crippen molar-refractivity contribution in [1.82, 2.24) is 9.80 Å². The molecule has 1 heterocycles. The highest BCUT2D eigenvalue weighted by Gasteiger charge is 2.29. The first-order valence-corrected chi connectivity index (χ1v) is 6.18. The van der Waals surface area contributed by atoms with Crippen LogP contribution in [0.1, 0.15) is 34.6 Å². The Hall–Kier alpha value is -0.830. The second-order valence-corrected chi connectivity index (χ2v) is 4.11. The zero-order valence-electron chi connectivity index (χ0n) is 11.4. The molecule has 1 saturated heterocycles. The summed E-state index contributed by atoms with van der Waals surface area (Å²) >= 11 is 0. The van der Waals surface area contributed by atoms with Gasteiger partial charge in [-0.1, -0.05) is 19.9 Å². The summed E-state index contributed by atoms with van der Waals surface area (Å²) < 4.78 is 0. The molecule has 0 bridgehead atoms. The van der Waals surface area contributed by atoms with Crippen LogP contribution in [0.2, 0.25) is 0 Å². The highest BCUT2D eigenvalue weighted by molar-refractivity contribution is 5.73. The molecule has 3 heteroatoms. The van der Waals surface area contributed by atoms with Gasteiger partial charge >= 0.3 is 0 Å². The van der Waals surface area contributed by atoms with E-state index in [1.807, 2.05) is 24.8 Å². The van der Waals surface area contributed by atoms with E-state index in [0.29, 0.717) is 12.1 Å². The lowest BCUT2D eigenvalue weighted by Gasteiger charge is -2.43. The Labute approximate surface area is 100 Å². The van der Waals surface area contributed by atoms with Crippen molar-refractivity contribution in [2.75, 3.05) is 19.6 Å². The Morgan fingerprint density at radius 1 is 1.31 bits per heavy atom. The van der Waals surface area contributed by atoms with E-state index in [1.54, 1.807) is 6.92 Å². The lowest BCUT2D eigenvalue weighted by atomic mass is 10.1. The standard InChI is InChI=1S/C11H20N2O.C2H6/c1-5-6-12-7-10(3)13(11(4)14)8-9(12)2;1-2/h5,9-10H,1,6-8H2,2-4H3;1-2H3/t9-,10+;/m1./s1. The van der Waals surface area contributed by atoms with Gasteiger partial charge in [0.2, 0.25) is 5.91 Å². The number of nitrogens with zero attached hydrogens (tertiary/aromatic N) is 2. The second kappa shape index (κ2) is 7.44. The van der Waals surface area contributed by atoms with Crippen molar-refractivity contribution in [3.05, 3.63) is 12.7 Å². The number of amides is 1. The molecular formula is C13H26N2O. The molecule has 1 rings (SSSR count). The maximum Gasteiger partial charge on any atom is 0.219 e. The summed E-state index contributed by atoms with van der Waals surface area (Å²) in [4.78, 5) is 15.6. The summed E-state index contributed by atoms with van der Waals surface area (Å²) in [6, 6.07) is 0.761. The van der Waals surface area contributed by atoms with E-state index >= 15 is 0 Å². The quantitative estimate of drug-likeness (QED) is 0.674. The molecule has 0 aromatic heterocycles. The van der Waals surface area contributed by atoms with Gasteiger partial charge in [0.05, 0.1) is 0 Å². The topological polar surface area (TPSA) is 23.6 Å². The predicted octanol–water partition coefficient (Wildman–Crippen LogP) is 2.14. The molecule has 0 N–H and O–H groups in total. The molecule has 0 radical (unpaired) electrons. The first-order valence-electron chi connectivity index (χ1n) is 6.18. The molecule has 1 aliphatic rings. The summed E-state index contributed by atoms with van der Waals surface area (Å²) in [6.45, 7) is 16.4. The van der Waals surface area contributed by atoms with E-state index in [4.69, 9.17) is 0 Å². The molecule has 0 aliphatic carbocycles. The van der Waals surface area contributed by atoms with Gasteiger partial charge in [-0.05, 0) is 13.8 Å². The van der Waals surface area contributed by atoms with Gasteiger partial charge < -0.3 is 4.90 Å².